The lowest BCUT2D eigenvalue weighted by Gasteiger charge is -2.08. The highest BCUT2D eigenvalue weighted by atomic mass is 16.5. The van der Waals surface area contributed by atoms with Gasteiger partial charge in [0, 0.05) is 28.6 Å². The van der Waals surface area contributed by atoms with E-state index in [0.717, 1.165) is 23.8 Å². The lowest BCUT2D eigenvalue weighted by atomic mass is 10.0. The largest absolute Gasteiger partial charge is 0.497 e. The minimum absolute atomic E-state index is 0.0278. The number of rotatable bonds is 6. The van der Waals surface area contributed by atoms with Gasteiger partial charge >= 0.3 is 0 Å². The van der Waals surface area contributed by atoms with E-state index in [2.05, 4.69) is 5.32 Å². The summed E-state index contributed by atoms with van der Waals surface area (Å²) in [4.78, 5) is 25.1. The Morgan fingerprint density at radius 1 is 1.07 bits per heavy atom. The number of aryl methyl sites for hydroxylation is 1. The molecular formula is C22H21NO5. The summed E-state index contributed by atoms with van der Waals surface area (Å²) in [5, 5.41) is 3.73. The van der Waals surface area contributed by atoms with E-state index in [-0.39, 0.29) is 23.4 Å². The van der Waals surface area contributed by atoms with Crippen LogP contribution in [0.1, 0.15) is 34.5 Å². The van der Waals surface area contributed by atoms with Crippen molar-refractivity contribution in [2.45, 2.75) is 19.8 Å². The standard InChI is InChI=1S/C22H21NO5/c1-12-16-8-6-14(23-22(25)13-4-5-13)10-19(16)28-21(12)20(24)17-11-15(26-2)7-9-18(17)27-3/h6-11,13H,4-5H2,1-3H3,(H,23,25). The Hall–Kier alpha value is -3.28. The quantitative estimate of drug-likeness (QED) is 0.645. The van der Waals surface area contributed by atoms with Gasteiger partial charge in [0.25, 0.3) is 0 Å². The van der Waals surface area contributed by atoms with Gasteiger partial charge in [0.1, 0.15) is 17.1 Å². The molecule has 6 nitrogen and oxygen atoms in total. The maximum atomic E-state index is 13.1. The van der Waals surface area contributed by atoms with Gasteiger partial charge in [-0.05, 0) is 50.1 Å². The van der Waals surface area contributed by atoms with Crippen LogP contribution in [0, 0.1) is 12.8 Å². The number of methoxy groups -OCH3 is 2. The van der Waals surface area contributed by atoms with E-state index in [1.807, 2.05) is 19.1 Å². The first-order chi connectivity index (χ1) is 13.5. The summed E-state index contributed by atoms with van der Waals surface area (Å²) >= 11 is 0. The normalized spacial score (nSPS) is 13.4. The van der Waals surface area contributed by atoms with Crippen molar-refractivity contribution in [2.75, 3.05) is 19.5 Å². The molecule has 1 heterocycles. The Morgan fingerprint density at radius 3 is 2.54 bits per heavy atom. The fourth-order valence-corrected chi connectivity index (χ4v) is 3.22. The molecule has 0 aliphatic heterocycles. The van der Waals surface area contributed by atoms with Gasteiger partial charge in [-0.1, -0.05) is 0 Å². The highest BCUT2D eigenvalue weighted by Crippen LogP contribution is 2.34. The molecule has 28 heavy (non-hydrogen) atoms. The van der Waals surface area contributed by atoms with Crippen molar-refractivity contribution < 1.29 is 23.5 Å². The third kappa shape index (κ3) is 3.22. The molecule has 0 radical (unpaired) electrons. The summed E-state index contributed by atoms with van der Waals surface area (Å²) in [7, 11) is 3.05. The van der Waals surface area contributed by atoms with Gasteiger partial charge in [-0.2, -0.15) is 0 Å². The van der Waals surface area contributed by atoms with Gasteiger partial charge in [0.05, 0.1) is 19.8 Å². The number of fused-ring (bicyclic) bond motifs is 1. The molecule has 0 unspecified atom stereocenters. The summed E-state index contributed by atoms with van der Waals surface area (Å²) in [6.07, 6.45) is 1.88. The van der Waals surface area contributed by atoms with E-state index in [0.29, 0.717) is 28.3 Å². The Bertz CT molecular complexity index is 1080. The van der Waals surface area contributed by atoms with E-state index in [4.69, 9.17) is 13.9 Å². The molecule has 1 aliphatic carbocycles. The predicted octanol–water partition coefficient (Wildman–Crippen LogP) is 4.34. The van der Waals surface area contributed by atoms with Crippen molar-refractivity contribution in [2.24, 2.45) is 5.92 Å². The number of anilines is 1. The van der Waals surface area contributed by atoms with Crippen LogP contribution in [0.2, 0.25) is 0 Å². The molecule has 1 N–H and O–H groups in total. The second-order valence-corrected chi connectivity index (χ2v) is 6.93. The first-order valence-electron chi connectivity index (χ1n) is 9.12. The molecule has 1 amide bonds. The Morgan fingerprint density at radius 2 is 1.86 bits per heavy atom. The fourth-order valence-electron chi connectivity index (χ4n) is 3.22. The number of furan rings is 1. The number of nitrogens with one attached hydrogen (secondary N) is 1. The van der Waals surface area contributed by atoms with Gasteiger partial charge in [0.2, 0.25) is 11.7 Å². The van der Waals surface area contributed by atoms with Crippen LogP contribution in [0.3, 0.4) is 0 Å². The number of amides is 1. The first kappa shape index (κ1) is 18.1. The predicted molar refractivity (Wildman–Crippen MR) is 105 cm³/mol. The summed E-state index contributed by atoms with van der Waals surface area (Å²) in [6.45, 7) is 1.84. The molecule has 1 saturated carbocycles. The number of ether oxygens (including phenoxy) is 2. The molecule has 6 heteroatoms. The number of carbonyl (C=O) groups is 2. The van der Waals surface area contributed by atoms with Crippen LogP contribution in [-0.4, -0.2) is 25.9 Å². The lowest BCUT2D eigenvalue weighted by molar-refractivity contribution is -0.117. The van der Waals surface area contributed by atoms with E-state index < -0.39 is 0 Å². The van der Waals surface area contributed by atoms with Crippen LogP contribution in [0.25, 0.3) is 11.0 Å². The Kier molecular flexibility index (Phi) is 4.55. The van der Waals surface area contributed by atoms with Gasteiger partial charge in [-0.25, -0.2) is 0 Å². The second-order valence-electron chi connectivity index (χ2n) is 6.93. The van der Waals surface area contributed by atoms with Crippen molar-refractivity contribution in [3.8, 4) is 11.5 Å². The third-order valence-electron chi connectivity index (χ3n) is 5.01. The molecule has 4 rings (SSSR count). The molecule has 0 bridgehead atoms. The smallest absolute Gasteiger partial charge is 0.232 e. The molecule has 1 aliphatic rings. The molecule has 1 fully saturated rings. The Balaban J connectivity index is 1.71. The number of benzene rings is 2. The molecule has 144 valence electrons. The van der Waals surface area contributed by atoms with E-state index in [1.165, 1.54) is 7.11 Å². The van der Waals surface area contributed by atoms with E-state index in [1.54, 1.807) is 31.4 Å². The third-order valence-corrected chi connectivity index (χ3v) is 5.01. The van der Waals surface area contributed by atoms with Crippen LogP contribution in [0.5, 0.6) is 11.5 Å². The van der Waals surface area contributed by atoms with Crippen LogP contribution >= 0.6 is 0 Å². The molecule has 2 aromatic carbocycles. The highest BCUT2D eigenvalue weighted by molar-refractivity contribution is 6.12. The van der Waals surface area contributed by atoms with Crippen molar-refractivity contribution in [3.63, 3.8) is 0 Å². The van der Waals surface area contributed by atoms with Crippen LogP contribution < -0.4 is 14.8 Å². The molecular weight excluding hydrogens is 358 g/mol. The molecule has 0 spiro atoms. The number of hydrogen-bond donors (Lipinski definition) is 1. The molecule has 0 saturated heterocycles. The van der Waals surface area contributed by atoms with E-state index in [9.17, 15) is 9.59 Å². The monoisotopic (exact) mass is 379 g/mol. The first-order valence-corrected chi connectivity index (χ1v) is 9.12. The zero-order valence-corrected chi connectivity index (χ0v) is 16.0. The zero-order valence-electron chi connectivity index (χ0n) is 16.0. The van der Waals surface area contributed by atoms with Crippen molar-refractivity contribution in [1.82, 2.24) is 0 Å². The molecule has 1 aromatic heterocycles. The molecule has 3 aromatic rings. The van der Waals surface area contributed by atoms with Crippen LogP contribution in [-0.2, 0) is 4.79 Å². The average molecular weight is 379 g/mol. The highest BCUT2D eigenvalue weighted by Gasteiger charge is 2.30. The van der Waals surface area contributed by atoms with Crippen LogP contribution in [0.15, 0.2) is 40.8 Å². The second kappa shape index (κ2) is 7.03. The minimum atomic E-state index is -0.284. The van der Waals surface area contributed by atoms with Gasteiger partial charge in [0.15, 0.2) is 5.76 Å². The topological polar surface area (TPSA) is 77.8 Å². The average Bonchev–Trinajstić information content (AvgIpc) is 3.51. The number of carbonyl (C=O) groups excluding carboxylic acids is 2. The number of ketones is 1. The van der Waals surface area contributed by atoms with Gasteiger partial charge in [-0.15, -0.1) is 0 Å². The molecule has 0 atom stereocenters. The zero-order chi connectivity index (χ0) is 19.8. The van der Waals surface area contributed by atoms with Crippen molar-refractivity contribution >= 4 is 28.3 Å². The number of hydrogen-bond acceptors (Lipinski definition) is 5. The Labute approximate surface area is 162 Å². The van der Waals surface area contributed by atoms with E-state index >= 15 is 0 Å². The summed E-state index contributed by atoms with van der Waals surface area (Å²) in [6, 6.07) is 10.5. The SMILES string of the molecule is COc1ccc(OC)c(C(=O)c2oc3cc(NC(=O)C4CC4)ccc3c2C)c1. The minimum Gasteiger partial charge on any atom is -0.497 e. The maximum absolute atomic E-state index is 13.1. The maximum Gasteiger partial charge on any atom is 0.232 e. The van der Waals surface area contributed by atoms with Crippen molar-refractivity contribution in [1.29, 1.82) is 0 Å². The summed E-state index contributed by atoms with van der Waals surface area (Å²) < 4.78 is 16.4. The fraction of sp³-hybridized carbons (Fsp3) is 0.273. The van der Waals surface area contributed by atoms with Crippen LogP contribution in [0.4, 0.5) is 5.69 Å². The van der Waals surface area contributed by atoms with Gasteiger partial charge < -0.3 is 19.2 Å². The van der Waals surface area contributed by atoms with Gasteiger partial charge in [-0.3, -0.25) is 9.59 Å². The summed E-state index contributed by atoms with van der Waals surface area (Å²) in [5.74, 6) is 1.11. The summed E-state index contributed by atoms with van der Waals surface area (Å²) in [5.41, 5.74) is 2.32. The lowest BCUT2D eigenvalue weighted by Crippen LogP contribution is -2.12. The van der Waals surface area contributed by atoms with Crippen molar-refractivity contribution in [3.05, 3.63) is 53.3 Å².